The largest absolute Gasteiger partial charge is 0.337 e. The molecule has 3 heterocycles. The molecule has 1 aliphatic rings. The van der Waals surface area contributed by atoms with E-state index in [0.29, 0.717) is 24.4 Å². The predicted octanol–water partition coefficient (Wildman–Crippen LogP) is 4.27. The second-order valence-electron chi connectivity index (χ2n) is 7.84. The Morgan fingerprint density at radius 3 is 2.53 bits per heavy atom. The summed E-state index contributed by atoms with van der Waals surface area (Å²) in [4.78, 5) is 19.3. The second-order valence-corrected chi connectivity index (χ2v) is 8.78. The van der Waals surface area contributed by atoms with Gasteiger partial charge in [0.15, 0.2) is 11.0 Å². The van der Waals surface area contributed by atoms with Gasteiger partial charge >= 0.3 is 0 Å². The van der Waals surface area contributed by atoms with E-state index in [9.17, 15) is 4.79 Å². The Balaban J connectivity index is 1.56. The number of nitrogens with zero attached hydrogens (tertiary/aromatic N) is 5. The van der Waals surface area contributed by atoms with E-state index in [0.717, 1.165) is 34.9 Å². The Hall–Kier alpha value is -2.67. The number of carbonyl (C=O) groups excluding carboxylic acids is 1. The van der Waals surface area contributed by atoms with Gasteiger partial charge in [0.2, 0.25) is 5.91 Å². The molecule has 1 aliphatic heterocycles. The van der Waals surface area contributed by atoms with E-state index >= 15 is 0 Å². The molecule has 2 aromatic heterocycles. The molecule has 0 radical (unpaired) electrons. The first-order valence-electron chi connectivity index (χ1n) is 10.4. The minimum Gasteiger partial charge on any atom is -0.337 e. The molecule has 0 spiro atoms. The van der Waals surface area contributed by atoms with E-state index in [4.69, 9.17) is 0 Å². The minimum atomic E-state index is 0.178. The van der Waals surface area contributed by atoms with Crippen LogP contribution < -0.4 is 0 Å². The molecule has 3 aromatic rings. The number of piperidine rings is 1. The Bertz CT molecular complexity index is 966. The highest BCUT2D eigenvalue weighted by Gasteiger charge is 2.29. The molecule has 0 aliphatic carbocycles. The van der Waals surface area contributed by atoms with Crippen LogP contribution in [0.5, 0.6) is 0 Å². The highest BCUT2D eigenvalue weighted by molar-refractivity contribution is 7.99. The van der Waals surface area contributed by atoms with Crippen molar-refractivity contribution in [3.8, 4) is 11.4 Å². The predicted molar refractivity (Wildman–Crippen MR) is 119 cm³/mol. The molecule has 1 fully saturated rings. The van der Waals surface area contributed by atoms with E-state index in [2.05, 4.69) is 50.6 Å². The first kappa shape index (κ1) is 20.6. The number of likely N-dealkylation sites (tertiary alicyclic amines) is 1. The number of hydrogen-bond acceptors (Lipinski definition) is 5. The maximum absolute atomic E-state index is 13.0. The molecule has 156 valence electrons. The fourth-order valence-electron chi connectivity index (χ4n) is 4.13. The quantitative estimate of drug-likeness (QED) is 0.556. The lowest BCUT2D eigenvalue weighted by Crippen LogP contribution is -2.48. The molecule has 6 nitrogen and oxygen atoms in total. The lowest BCUT2D eigenvalue weighted by molar-refractivity contribution is -0.134. The number of amides is 1. The van der Waals surface area contributed by atoms with Crippen molar-refractivity contribution in [2.75, 3.05) is 5.75 Å². The number of hydrogen-bond donors (Lipinski definition) is 0. The topological polar surface area (TPSA) is 63.9 Å². The molecule has 0 bridgehead atoms. The van der Waals surface area contributed by atoms with E-state index in [1.165, 1.54) is 18.2 Å². The summed E-state index contributed by atoms with van der Waals surface area (Å²) in [6.45, 7) is 4.94. The third-order valence-electron chi connectivity index (χ3n) is 5.63. The molecular weight excluding hydrogens is 394 g/mol. The van der Waals surface area contributed by atoms with E-state index in [1.54, 1.807) is 12.4 Å². The van der Waals surface area contributed by atoms with Gasteiger partial charge in [-0.2, -0.15) is 0 Å². The Labute approximate surface area is 181 Å². The molecule has 0 N–H and O–H groups in total. The van der Waals surface area contributed by atoms with Crippen LogP contribution in [0.15, 0.2) is 60.0 Å². The summed E-state index contributed by atoms with van der Waals surface area (Å²) >= 11 is 1.47. The van der Waals surface area contributed by atoms with E-state index in [1.807, 2.05) is 30.3 Å². The fourth-order valence-corrected chi connectivity index (χ4v) is 4.93. The molecule has 30 heavy (non-hydrogen) atoms. The van der Waals surface area contributed by atoms with Crippen LogP contribution in [0.25, 0.3) is 11.4 Å². The zero-order valence-corrected chi connectivity index (χ0v) is 18.3. The zero-order chi connectivity index (χ0) is 20.9. The average Bonchev–Trinajstić information content (AvgIpc) is 3.16. The second kappa shape index (κ2) is 9.43. The molecule has 4 rings (SSSR count). The molecule has 1 saturated heterocycles. The minimum absolute atomic E-state index is 0.178. The van der Waals surface area contributed by atoms with Gasteiger partial charge in [0, 0.05) is 30.0 Å². The molecule has 7 heteroatoms. The molecule has 2 atom stereocenters. The van der Waals surface area contributed by atoms with Crippen LogP contribution in [0.3, 0.4) is 0 Å². The van der Waals surface area contributed by atoms with Gasteiger partial charge in [-0.05, 0) is 50.8 Å². The van der Waals surface area contributed by atoms with Crippen molar-refractivity contribution >= 4 is 17.7 Å². The molecule has 1 aromatic carbocycles. The van der Waals surface area contributed by atoms with E-state index in [-0.39, 0.29) is 5.91 Å². The number of pyridine rings is 1. The maximum atomic E-state index is 13.0. The zero-order valence-electron chi connectivity index (χ0n) is 17.4. The summed E-state index contributed by atoms with van der Waals surface area (Å²) < 4.78 is 2.08. The van der Waals surface area contributed by atoms with Gasteiger partial charge in [-0.15, -0.1) is 10.2 Å². The van der Waals surface area contributed by atoms with Crippen molar-refractivity contribution in [2.24, 2.45) is 0 Å². The SMILES string of the molecule is C[C@H]1CCC[C@H](C)N1C(=O)CSc1nnc(-c2cccnc2)n1Cc1ccccc1. The molecular formula is C23H27N5OS. The van der Waals surface area contributed by atoms with Crippen molar-refractivity contribution in [1.29, 1.82) is 0 Å². The van der Waals surface area contributed by atoms with Crippen molar-refractivity contribution in [3.63, 3.8) is 0 Å². The van der Waals surface area contributed by atoms with Crippen LogP contribution in [-0.2, 0) is 11.3 Å². The van der Waals surface area contributed by atoms with Crippen LogP contribution >= 0.6 is 11.8 Å². The van der Waals surface area contributed by atoms with Crippen molar-refractivity contribution in [2.45, 2.75) is 56.9 Å². The standard InChI is InChI=1S/C23H27N5OS/c1-17-8-6-9-18(2)28(17)21(29)16-30-23-26-25-22(20-12-7-13-24-14-20)27(23)15-19-10-4-3-5-11-19/h3-5,7,10-14,17-18H,6,8-9,15-16H2,1-2H3/t17-,18-/m0/s1. The van der Waals surface area contributed by atoms with Crippen LogP contribution in [-0.4, -0.2) is 48.4 Å². The fraction of sp³-hybridized carbons (Fsp3) is 0.391. The van der Waals surface area contributed by atoms with Crippen LogP contribution in [0.4, 0.5) is 0 Å². The lowest BCUT2D eigenvalue weighted by atomic mass is 9.98. The smallest absolute Gasteiger partial charge is 0.233 e. The molecule has 0 unspecified atom stereocenters. The normalized spacial score (nSPS) is 19.1. The van der Waals surface area contributed by atoms with Crippen LogP contribution in [0, 0.1) is 0 Å². The average molecular weight is 422 g/mol. The summed E-state index contributed by atoms with van der Waals surface area (Å²) in [6, 6.07) is 14.7. The first-order valence-corrected chi connectivity index (χ1v) is 11.4. The van der Waals surface area contributed by atoms with Gasteiger partial charge < -0.3 is 4.90 Å². The Kier molecular flexibility index (Phi) is 6.47. The van der Waals surface area contributed by atoms with E-state index < -0.39 is 0 Å². The monoisotopic (exact) mass is 421 g/mol. The van der Waals surface area contributed by atoms with Gasteiger partial charge in [0.25, 0.3) is 0 Å². The lowest BCUT2D eigenvalue weighted by Gasteiger charge is -2.39. The highest BCUT2D eigenvalue weighted by atomic mass is 32.2. The third kappa shape index (κ3) is 4.56. The van der Waals surface area contributed by atoms with Crippen LogP contribution in [0.2, 0.25) is 0 Å². The van der Waals surface area contributed by atoms with Gasteiger partial charge in [-0.25, -0.2) is 0 Å². The van der Waals surface area contributed by atoms with Gasteiger partial charge in [0.05, 0.1) is 12.3 Å². The number of carbonyl (C=O) groups is 1. The van der Waals surface area contributed by atoms with Crippen molar-refractivity contribution < 1.29 is 4.79 Å². The summed E-state index contributed by atoms with van der Waals surface area (Å²) in [5.41, 5.74) is 2.08. The molecule has 0 saturated carbocycles. The maximum Gasteiger partial charge on any atom is 0.233 e. The van der Waals surface area contributed by atoms with Gasteiger partial charge in [-0.3, -0.25) is 14.3 Å². The highest BCUT2D eigenvalue weighted by Crippen LogP contribution is 2.27. The third-order valence-corrected chi connectivity index (χ3v) is 6.58. The summed E-state index contributed by atoms with van der Waals surface area (Å²) in [6.07, 6.45) is 6.89. The number of aromatic nitrogens is 4. The van der Waals surface area contributed by atoms with Crippen LogP contribution in [0.1, 0.15) is 38.7 Å². The number of rotatable bonds is 6. The summed E-state index contributed by atoms with van der Waals surface area (Å²) in [5.74, 6) is 1.31. The Morgan fingerprint density at radius 2 is 1.83 bits per heavy atom. The summed E-state index contributed by atoms with van der Waals surface area (Å²) in [7, 11) is 0. The summed E-state index contributed by atoms with van der Waals surface area (Å²) in [5, 5.41) is 9.60. The van der Waals surface area contributed by atoms with Gasteiger partial charge in [0.1, 0.15) is 0 Å². The van der Waals surface area contributed by atoms with Crippen molar-refractivity contribution in [3.05, 3.63) is 60.4 Å². The molecule has 1 amide bonds. The Morgan fingerprint density at radius 1 is 1.07 bits per heavy atom. The number of thioether (sulfide) groups is 1. The van der Waals surface area contributed by atoms with Crippen molar-refractivity contribution in [1.82, 2.24) is 24.6 Å². The number of benzene rings is 1. The first-order chi connectivity index (χ1) is 14.6. The van der Waals surface area contributed by atoms with Gasteiger partial charge in [-0.1, -0.05) is 42.1 Å².